The average molecular weight is 357 g/mol. The molecule has 1 N–H and O–H groups in total. The molecule has 3 rings (SSSR count). The first-order valence-corrected chi connectivity index (χ1v) is 8.28. The van der Waals surface area contributed by atoms with Gasteiger partial charge in [0.1, 0.15) is 0 Å². The zero-order valence-electron chi connectivity index (χ0n) is 13.9. The highest BCUT2D eigenvalue weighted by atomic mass is 35.5. The maximum absolute atomic E-state index is 12.4. The fraction of sp³-hybridized carbons (Fsp3) is 0.211. The molecule has 2 aromatic carbocycles. The van der Waals surface area contributed by atoms with E-state index in [0.717, 1.165) is 16.1 Å². The molecule has 3 amide bonds. The third-order valence-electron chi connectivity index (χ3n) is 4.16. The van der Waals surface area contributed by atoms with Gasteiger partial charge in [-0.3, -0.25) is 19.8 Å². The van der Waals surface area contributed by atoms with E-state index in [0.29, 0.717) is 17.0 Å². The van der Waals surface area contributed by atoms with Crippen molar-refractivity contribution in [2.75, 3.05) is 0 Å². The fourth-order valence-corrected chi connectivity index (χ4v) is 2.83. The highest BCUT2D eigenvalue weighted by Crippen LogP contribution is 2.27. The molecule has 0 spiro atoms. The first kappa shape index (κ1) is 17.2. The third kappa shape index (κ3) is 3.42. The monoisotopic (exact) mass is 356 g/mol. The molecule has 5 nitrogen and oxygen atoms in total. The van der Waals surface area contributed by atoms with Gasteiger partial charge >= 0.3 is 0 Å². The molecule has 128 valence electrons. The van der Waals surface area contributed by atoms with Crippen LogP contribution >= 0.6 is 11.6 Å². The quantitative estimate of drug-likeness (QED) is 0.855. The molecule has 0 radical (unpaired) electrons. The van der Waals surface area contributed by atoms with Crippen LogP contribution in [-0.2, 0) is 11.2 Å². The molecule has 1 aliphatic heterocycles. The molecule has 0 fully saturated rings. The Morgan fingerprint density at radius 3 is 2.28 bits per heavy atom. The summed E-state index contributed by atoms with van der Waals surface area (Å²) in [6.07, 6.45) is 0.705. The number of fused-ring (bicyclic) bond motifs is 1. The van der Waals surface area contributed by atoms with Crippen molar-refractivity contribution in [1.82, 2.24) is 10.4 Å². The Morgan fingerprint density at radius 1 is 1.04 bits per heavy atom. The van der Waals surface area contributed by atoms with Crippen LogP contribution in [0, 0.1) is 13.8 Å². The van der Waals surface area contributed by atoms with E-state index in [1.165, 1.54) is 6.07 Å². The summed E-state index contributed by atoms with van der Waals surface area (Å²) in [5, 5.41) is 1.17. The lowest BCUT2D eigenvalue weighted by molar-refractivity contribution is -0.124. The lowest BCUT2D eigenvalue weighted by atomic mass is 10.1. The predicted octanol–water partition coefficient (Wildman–Crippen LogP) is 3.22. The van der Waals surface area contributed by atoms with Crippen molar-refractivity contribution in [3.63, 3.8) is 0 Å². The molecule has 2 aromatic rings. The minimum atomic E-state index is -0.564. The number of nitrogens with zero attached hydrogens (tertiary/aromatic N) is 1. The Labute approximate surface area is 150 Å². The Balaban J connectivity index is 1.67. The standard InChI is InChI=1S/C19H17ClN2O3/c1-11-3-5-13(6-4-11)7-8-17(23)21-22-18(24)14-9-12(2)16(20)10-15(14)19(22)25/h3-6,9-10H,7-8H2,1-2H3,(H,21,23). The van der Waals surface area contributed by atoms with Gasteiger partial charge in [0.2, 0.25) is 5.91 Å². The Morgan fingerprint density at radius 2 is 1.64 bits per heavy atom. The second-order valence-electron chi connectivity index (χ2n) is 6.11. The van der Waals surface area contributed by atoms with Gasteiger partial charge in [0, 0.05) is 11.4 Å². The van der Waals surface area contributed by atoms with Crippen LogP contribution in [0.4, 0.5) is 0 Å². The van der Waals surface area contributed by atoms with Crippen LogP contribution < -0.4 is 5.43 Å². The third-order valence-corrected chi connectivity index (χ3v) is 4.57. The predicted molar refractivity (Wildman–Crippen MR) is 94.3 cm³/mol. The Bertz CT molecular complexity index is 834. The average Bonchev–Trinajstić information content (AvgIpc) is 2.80. The Hall–Kier alpha value is -2.66. The van der Waals surface area contributed by atoms with Crippen molar-refractivity contribution in [3.05, 3.63) is 69.2 Å². The van der Waals surface area contributed by atoms with Crippen molar-refractivity contribution in [1.29, 1.82) is 0 Å². The van der Waals surface area contributed by atoms with Gasteiger partial charge in [0.15, 0.2) is 0 Å². The molecule has 1 aliphatic rings. The van der Waals surface area contributed by atoms with E-state index in [9.17, 15) is 14.4 Å². The number of imide groups is 1. The van der Waals surface area contributed by atoms with Gasteiger partial charge in [-0.05, 0) is 43.5 Å². The smallest absolute Gasteiger partial charge is 0.273 e. The van der Waals surface area contributed by atoms with Crippen molar-refractivity contribution in [2.24, 2.45) is 0 Å². The van der Waals surface area contributed by atoms with E-state index in [1.807, 2.05) is 31.2 Å². The van der Waals surface area contributed by atoms with Crippen molar-refractivity contribution in [3.8, 4) is 0 Å². The van der Waals surface area contributed by atoms with Gasteiger partial charge in [-0.1, -0.05) is 41.4 Å². The van der Waals surface area contributed by atoms with E-state index in [2.05, 4.69) is 5.43 Å². The number of amides is 3. The number of hydrazine groups is 1. The number of nitrogens with one attached hydrogen (secondary N) is 1. The maximum Gasteiger partial charge on any atom is 0.280 e. The molecule has 0 aliphatic carbocycles. The summed E-state index contributed by atoms with van der Waals surface area (Å²) in [4.78, 5) is 36.8. The Kier molecular flexibility index (Phi) is 4.59. The first-order valence-electron chi connectivity index (χ1n) is 7.91. The van der Waals surface area contributed by atoms with Gasteiger partial charge in [-0.25, -0.2) is 0 Å². The number of carbonyl (C=O) groups excluding carboxylic acids is 3. The van der Waals surface area contributed by atoms with E-state index >= 15 is 0 Å². The second kappa shape index (κ2) is 6.69. The molecule has 0 atom stereocenters. The van der Waals surface area contributed by atoms with Crippen LogP contribution in [0.25, 0.3) is 0 Å². The molecule has 0 saturated carbocycles. The van der Waals surface area contributed by atoms with Gasteiger partial charge in [0.25, 0.3) is 11.8 Å². The topological polar surface area (TPSA) is 66.5 Å². The molecule has 0 bridgehead atoms. The zero-order valence-corrected chi connectivity index (χ0v) is 14.7. The molecule has 6 heteroatoms. The highest BCUT2D eigenvalue weighted by Gasteiger charge is 2.37. The minimum Gasteiger partial charge on any atom is -0.273 e. The van der Waals surface area contributed by atoms with Crippen molar-refractivity contribution in [2.45, 2.75) is 26.7 Å². The van der Waals surface area contributed by atoms with Crippen LogP contribution in [0.5, 0.6) is 0 Å². The van der Waals surface area contributed by atoms with Gasteiger partial charge in [-0.15, -0.1) is 0 Å². The molecule has 0 unspecified atom stereocenters. The van der Waals surface area contributed by atoms with E-state index < -0.39 is 17.7 Å². The summed E-state index contributed by atoms with van der Waals surface area (Å²) < 4.78 is 0. The lowest BCUT2D eigenvalue weighted by Gasteiger charge is -2.14. The molecule has 0 saturated heterocycles. The normalized spacial score (nSPS) is 13.2. The van der Waals surface area contributed by atoms with Crippen LogP contribution in [0.15, 0.2) is 36.4 Å². The number of aryl methyl sites for hydroxylation is 3. The van der Waals surface area contributed by atoms with Crippen LogP contribution in [-0.4, -0.2) is 22.7 Å². The number of hydrogen-bond donors (Lipinski definition) is 1. The first-order chi connectivity index (χ1) is 11.9. The zero-order chi connectivity index (χ0) is 18.1. The van der Waals surface area contributed by atoms with E-state index in [-0.39, 0.29) is 17.5 Å². The molecular weight excluding hydrogens is 340 g/mol. The summed E-state index contributed by atoms with van der Waals surface area (Å²) >= 11 is 6.02. The number of rotatable bonds is 4. The van der Waals surface area contributed by atoms with Crippen molar-refractivity contribution >= 4 is 29.3 Å². The molecule has 1 heterocycles. The summed E-state index contributed by atoms with van der Waals surface area (Å²) in [6.45, 7) is 3.75. The summed E-state index contributed by atoms with van der Waals surface area (Å²) in [7, 11) is 0. The summed E-state index contributed by atoms with van der Waals surface area (Å²) in [6, 6.07) is 10.9. The van der Waals surface area contributed by atoms with Crippen LogP contribution in [0.1, 0.15) is 43.8 Å². The lowest BCUT2D eigenvalue weighted by Crippen LogP contribution is -2.45. The highest BCUT2D eigenvalue weighted by molar-refractivity contribution is 6.33. The maximum atomic E-state index is 12.4. The number of halogens is 1. The minimum absolute atomic E-state index is 0.177. The number of hydrogen-bond acceptors (Lipinski definition) is 3. The van der Waals surface area contributed by atoms with Crippen LogP contribution in [0.2, 0.25) is 5.02 Å². The van der Waals surface area contributed by atoms with Crippen molar-refractivity contribution < 1.29 is 14.4 Å². The van der Waals surface area contributed by atoms with Gasteiger partial charge in [-0.2, -0.15) is 5.01 Å². The molecule has 25 heavy (non-hydrogen) atoms. The van der Waals surface area contributed by atoms with Crippen LogP contribution in [0.3, 0.4) is 0 Å². The number of carbonyl (C=O) groups is 3. The van der Waals surface area contributed by atoms with E-state index in [4.69, 9.17) is 11.6 Å². The number of benzene rings is 2. The summed E-state index contributed by atoms with van der Waals surface area (Å²) in [5.41, 5.74) is 5.73. The fourth-order valence-electron chi connectivity index (χ4n) is 2.66. The van der Waals surface area contributed by atoms with E-state index in [1.54, 1.807) is 13.0 Å². The molecule has 0 aromatic heterocycles. The van der Waals surface area contributed by atoms with Gasteiger partial charge < -0.3 is 0 Å². The largest absolute Gasteiger partial charge is 0.280 e. The SMILES string of the molecule is Cc1ccc(CCC(=O)NN2C(=O)c3cc(C)c(Cl)cc3C2=O)cc1. The summed E-state index contributed by atoms with van der Waals surface area (Å²) in [5.74, 6) is -1.49. The molecular formula is C19H17ClN2O3. The van der Waals surface area contributed by atoms with Gasteiger partial charge in [0.05, 0.1) is 11.1 Å². The second-order valence-corrected chi connectivity index (χ2v) is 6.52.